The highest BCUT2D eigenvalue weighted by molar-refractivity contribution is 5.39. The molecule has 0 aromatic carbocycles. The van der Waals surface area contributed by atoms with Crippen LogP contribution in [0.1, 0.15) is 26.0 Å². The molecule has 1 unspecified atom stereocenters. The molecule has 1 saturated heterocycles. The van der Waals surface area contributed by atoms with Crippen LogP contribution in [0.5, 0.6) is 0 Å². The van der Waals surface area contributed by atoms with E-state index in [0.29, 0.717) is 5.92 Å². The lowest BCUT2D eigenvalue weighted by Crippen LogP contribution is -2.27. The first kappa shape index (κ1) is 11.3. The molecule has 2 heterocycles. The number of anilines is 1. The standard InChI is InChI=1S/C12H20N4/c1-9(2)7-11-3-4-12(15-14-11)16-6-5-10(13)8-16/h3-4,9-10H,5-8,13H2,1-2H3. The van der Waals surface area contributed by atoms with E-state index in [0.717, 1.165) is 37.4 Å². The van der Waals surface area contributed by atoms with Crippen molar-refractivity contribution in [2.24, 2.45) is 11.7 Å². The van der Waals surface area contributed by atoms with Crippen molar-refractivity contribution in [3.63, 3.8) is 0 Å². The molecule has 0 aliphatic carbocycles. The lowest BCUT2D eigenvalue weighted by atomic mass is 10.1. The molecule has 1 aromatic rings. The summed E-state index contributed by atoms with van der Waals surface area (Å²) in [5.41, 5.74) is 6.94. The minimum absolute atomic E-state index is 0.289. The smallest absolute Gasteiger partial charge is 0.151 e. The Hall–Kier alpha value is -1.16. The maximum atomic E-state index is 5.87. The summed E-state index contributed by atoms with van der Waals surface area (Å²) in [4.78, 5) is 2.21. The fourth-order valence-corrected chi connectivity index (χ4v) is 2.04. The molecule has 1 aliphatic heterocycles. The Kier molecular flexibility index (Phi) is 3.39. The van der Waals surface area contributed by atoms with E-state index in [1.807, 2.05) is 0 Å². The van der Waals surface area contributed by atoms with Crippen LogP contribution in [0, 0.1) is 5.92 Å². The topological polar surface area (TPSA) is 55.0 Å². The van der Waals surface area contributed by atoms with E-state index in [4.69, 9.17) is 5.73 Å². The molecule has 16 heavy (non-hydrogen) atoms. The maximum absolute atomic E-state index is 5.87. The summed E-state index contributed by atoms with van der Waals surface area (Å²) in [7, 11) is 0. The van der Waals surface area contributed by atoms with Gasteiger partial charge >= 0.3 is 0 Å². The van der Waals surface area contributed by atoms with Crippen molar-refractivity contribution in [2.75, 3.05) is 18.0 Å². The molecule has 0 amide bonds. The van der Waals surface area contributed by atoms with Gasteiger partial charge < -0.3 is 10.6 Å². The van der Waals surface area contributed by atoms with Gasteiger partial charge in [0.25, 0.3) is 0 Å². The van der Waals surface area contributed by atoms with E-state index in [9.17, 15) is 0 Å². The molecule has 0 radical (unpaired) electrons. The highest BCUT2D eigenvalue weighted by Crippen LogP contribution is 2.16. The second-order valence-electron chi connectivity index (χ2n) is 4.98. The number of hydrogen-bond donors (Lipinski definition) is 1. The minimum Gasteiger partial charge on any atom is -0.354 e. The molecule has 2 N–H and O–H groups in total. The van der Waals surface area contributed by atoms with Crippen molar-refractivity contribution in [3.05, 3.63) is 17.8 Å². The molecule has 0 bridgehead atoms. The van der Waals surface area contributed by atoms with Crippen LogP contribution in [0.4, 0.5) is 5.82 Å². The molecular formula is C12H20N4. The van der Waals surface area contributed by atoms with E-state index in [2.05, 4.69) is 41.1 Å². The van der Waals surface area contributed by atoms with Crippen LogP contribution in [0.3, 0.4) is 0 Å². The summed E-state index contributed by atoms with van der Waals surface area (Å²) in [6.07, 6.45) is 2.04. The van der Waals surface area contributed by atoms with Gasteiger partial charge in [-0.1, -0.05) is 13.8 Å². The summed E-state index contributed by atoms with van der Waals surface area (Å²) in [6, 6.07) is 4.42. The van der Waals surface area contributed by atoms with Gasteiger partial charge in [-0.15, -0.1) is 5.10 Å². The summed E-state index contributed by atoms with van der Waals surface area (Å²) < 4.78 is 0. The Balaban J connectivity index is 2.02. The van der Waals surface area contributed by atoms with Crippen molar-refractivity contribution in [2.45, 2.75) is 32.7 Å². The van der Waals surface area contributed by atoms with Crippen LogP contribution in [-0.4, -0.2) is 29.3 Å². The zero-order chi connectivity index (χ0) is 11.5. The number of nitrogens with zero attached hydrogens (tertiary/aromatic N) is 3. The van der Waals surface area contributed by atoms with Crippen LogP contribution < -0.4 is 10.6 Å². The lowest BCUT2D eigenvalue weighted by molar-refractivity contribution is 0.627. The quantitative estimate of drug-likeness (QED) is 0.832. The molecular weight excluding hydrogens is 200 g/mol. The summed E-state index contributed by atoms with van der Waals surface area (Å²) in [5.74, 6) is 1.58. The van der Waals surface area contributed by atoms with Crippen LogP contribution in [0.15, 0.2) is 12.1 Å². The predicted molar refractivity (Wildman–Crippen MR) is 65.4 cm³/mol. The second kappa shape index (κ2) is 4.78. The second-order valence-corrected chi connectivity index (χ2v) is 4.98. The molecule has 1 aliphatic rings. The van der Waals surface area contributed by atoms with Crippen molar-refractivity contribution in [1.82, 2.24) is 10.2 Å². The average Bonchev–Trinajstić information content (AvgIpc) is 2.65. The van der Waals surface area contributed by atoms with Gasteiger partial charge in [-0.05, 0) is 30.9 Å². The number of hydrogen-bond acceptors (Lipinski definition) is 4. The van der Waals surface area contributed by atoms with Gasteiger partial charge in [0.2, 0.25) is 0 Å². The fourth-order valence-electron chi connectivity index (χ4n) is 2.04. The van der Waals surface area contributed by atoms with E-state index in [1.165, 1.54) is 0 Å². The van der Waals surface area contributed by atoms with Crippen LogP contribution in [-0.2, 0) is 6.42 Å². The third-order valence-corrected chi connectivity index (χ3v) is 2.87. The Morgan fingerprint density at radius 2 is 2.25 bits per heavy atom. The van der Waals surface area contributed by atoms with E-state index >= 15 is 0 Å². The van der Waals surface area contributed by atoms with E-state index in [-0.39, 0.29) is 6.04 Å². The van der Waals surface area contributed by atoms with Gasteiger partial charge in [0.15, 0.2) is 5.82 Å². The number of nitrogens with two attached hydrogens (primary N) is 1. The predicted octanol–water partition coefficient (Wildman–Crippen LogP) is 1.21. The Morgan fingerprint density at radius 3 is 2.75 bits per heavy atom. The maximum Gasteiger partial charge on any atom is 0.151 e. The van der Waals surface area contributed by atoms with Gasteiger partial charge in [-0.2, -0.15) is 5.10 Å². The van der Waals surface area contributed by atoms with E-state index in [1.54, 1.807) is 0 Å². The molecule has 88 valence electrons. The normalized spacial score (nSPS) is 20.8. The Morgan fingerprint density at radius 1 is 1.44 bits per heavy atom. The molecule has 0 saturated carbocycles. The third kappa shape index (κ3) is 2.70. The third-order valence-electron chi connectivity index (χ3n) is 2.87. The molecule has 1 fully saturated rings. The molecule has 1 aromatic heterocycles. The molecule has 2 rings (SSSR count). The molecule has 1 atom stereocenters. The van der Waals surface area contributed by atoms with Gasteiger partial charge in [0, 0.05) is 19.1 Å². The van der Waals surface area contributed by atoms with Crippen LogP contribution in [0.2, 0.25) is 0 Å². The fraction of sp³-hybridized carbons (Fsp3) is 0.667. The summed E-state index contributed by atoms with van der Waals surface area (Å²) in [5, 5.41) is 8.52. The van der Waals surface area contributed by atoms with Gasteiger partial charge in [0.1, 0.15) is 0 Å². The summed E-state index contributed by atoms with van der Waals surface area (Å²) in [6.45, 7) is 6.28. The van der Waals surface area contributed by atoms with Crippen molar-refractivity contribution in [1.29, 1.82) is 0 Å². The Labute approximate surface area is 96.9 Å². The molecule has 0 spiro atoms. The highest BCUT2D eigenvalue weighted by atomic mass is 15.3. The number of aromatic nitrogens is 2. The highest BCUT2D eigenvalue weighted by Gasteiger charge is 2.20. The zero-order valence-corrected chi connectivity index (χ0v) is 10.1. The lowest BCUT2D eigenvalue weighted by Gasteiger charge is -2.16. The first-order chi connectivity index (χ1) is 7.65. The van der Waals surface area contributed by atoms with Gasteiger partial charge in [0.05, 0.1) is 5.69 Å². The van der Waals surface area contributed by atoms with Crippen molar-refractivity contribution < 1.29 is 0 Å². The SMILES string of the molecule is CC(C)Cc1ccc(N2CCC(N)C2)nn1. The average molecular weight is 220 g/mol. The Bertz CT molecular complexity index is 333. The van der Waals surface area contributed by atoms with Crippen LogP contribution in [0.25, 0.3) is 0 Å². The van der Waals surface area contributed by atoms with Gasteiger partial charge in [-0.25, -0.2) is 0 Å². The first-order valence-electron chi connectivity index (χ1n) is 5.98. The zero-order valence-electron chi connectivity index (χ0n) is 10.1. The first-order valence-corrected chi connectivity index (χ1v) is 5.98. The van der Waals surface area contributed by atoms with Gasteiger partial charge in [-0.3, -0.25) is 0 Å². The summed E-state index contributed by atoms with van der Waals surface area (Å²) >= 11 is 0. The molecule has 4 nitrogen and oxygen atoms in total. The van der Waals surface area contributed by atoms with E-state index < -0.39 is 0 Å². The minimum atomic E-state index is 0.289. The van der Waals surface area contributed by atoms with Crippen molar-refractivity contribution >= 4 is 5.82 Å². The number of rotatable bonds is 3. The van der Waals surface area contributed by atoms with Crippen molar-refractivity contribution in [3.8, 4) is 0 Å². The van der Waals surface area contributed by atoms with Crippen LogP contribution >= 0.6 is 0 Å². The monoisotopic (exact) mass is 220 g/mol. The molecule has 4 heteroatoms. The largest absolute Gasteiger partial charge is 0.354 e.